The lowest BCUT2D eigenvalue weighted by molar-refractivity contribution is 0.183. The van der Waals surface area contributed by atoms with Crippen LogP contribution in [-0.2, 0) is 6.42 Å². The van der Waals surface area contributed by atoms with Gasteiger partial charge in [-0.2, -0.15) is 0 Å². The van der Waals surface area contributed by atoms with Crippen molar-refractivity contribution in [2.24, 2.45) is 5.73 Å². The Morgan fingerprint density at radius 2 is 2.11 bits per heavy atom. The zero-order chi connectivity index (χ0) is 13.1. The number of rotatable bonds is 4. The van der Waals surface area contributed by atoms with E-state index in [0.29, 0.717) is 6.42 Å². The topological polar surface area (TPSA) is 59.1 Å². The van der Waals surface area contributed by atoms with Crippen molar-refractivity contribution in [2.45, 2.75) is 26.4 Å². The molecule has 1 aromatic heterocycles. The summed E-state index contributed by atoms with van der Waals surface area (Å²) >= 11 is 1.57. The zero-order valence-corrected chi connectivity index (χ0v) is 11.5. The molecule has 0 aliphatic carbocycles. The summed E-state index contributed by atoms with van der Waals surface area (Å²) in [5, 5.41) is 12.5. The molecule has 1 atom stereocenters. The highest BCUT2D eigenvalue weighted by atomic mass is 32.1. The molecule has 18 heavy (non-hydrogen) atoms. The molecular weight excluding hydrogens is 244 g/mol. The summed E-state index contributed by atoms with van der Waals surface area (Å²) in [6.45, 7) is 4.48. The molecular formula is C14H18N2OS. The summed E-state index contributed by atoms with van der Waals surface area (Å²) in [7, 11) is 0. The van der Waals surface area contributed by atoms with E-state index in [4.69, 9.17) is 5.73 Å². The monoisotopic (exact) mass is 262 g/mol. The molecule has 0 bridgehead atoms. The van der Waals surface area contributed by atoms with Crippen molar-refractivity contribution < 1.29 is 5.11 Å². The summed E-state index contributed by atoms with van der Waals surface area (Å²) < 4.78 is 0. The third-order valence-corrected chi connectivity index (χ3v) is 3.91. The van der Waals surface area contributed by atoms with E-state index < -0.39 is 6.10 Å². The van der Waals surface area contributed by atoms with Gasteiger partial charge in [0.2, 0.25) is 0 Å². The Balaban J connectivity index is 2.21. The molecule has 1 heterocycles. The number of aliphatic hydroxyl groups excluding tert-OH is 1. The van der Waals surface area contributed by atoms with Gasteiger partial charge in [0.05, 0.1) is 16.8 Å². The Kier molecular flexibility index (Phi) is 4.11. The number of aliphatic hydroxyl groups is 1. The van der Waals surface area contributed by atoms with Crippen LogP contribution in [0.3, 0.4) is 0 Å². The largest absolute Gasteiger partial charge is 0.391 e. The third kappa shape index (κ3) is 2.96. The van der Waals surface area contributed by atoms with Gasteiger partial charge in [-0.1, -0.05) is 12.1 Å². The minimum absolute atomic E-state index is 0.276. The normalized spacial score (nSPS) is 12.7. The van der Waals surface area contributed by atoms with E-state index in [9.17, 15) is 5.11 Å². The standard InChI is InChI=1S/C14H18N2OS/c1-9-3-4-11(5-10(9)2)13-8-18-14(16-13)6-12(17)7-15/h3-5,8,12,17H,6-7,15H2,1-2H3. The van der Waals surface area contributed by atoms with Gasteiger partial charge in [-0.05, 0) is 31.0 Å². The second kappa shape index (κ2) is 5.61. The maximum atomic E-state index is 9.51. The molecule has 3 nitrogen and oxygen atoms in total. The molecule has 0 amide bonds. The summed E-state index contributed by atoms with van der Waals surface area (Å²) in [6, 6.07) is 6.34. The average molecular weight is 262 g/mol. The van der Waals surface area contributed by atoms with Crippen molar-refractivity contribution in [2.75, 3.05) is 6.54 Å². The number of thiazole rings is 1. The first-order chi connectivity index (χ1) is 8.60. The van der Waals surface area contributed by atoms with Crippen molar-refractivity contribution in [3.05, 3.63) is 39.7 Å². The fourth-order valence-corrected chi connectivity index (χ4v) is 2.60. The van der Waals surface area contributed by atoms with Crippen LogP contribution in [0, 0.1) is 13.8 Å². The molecule has 2 rings (SSSR count). The van der Waals surface area contributed by atoms with E-state index in [1.54, 1.807) is 11.3 Å². The fourth-order valence-electron chi connectivity index (χ4n) is 1.72. The molecule has 0 aliphatic heterocycles. The van der Waals surface area contributed by atoms with Gasteiger partial charge >= 0.3 is 0 Å². The van der Waals surface area contributed by atoms with Gasteiger partial charge in [-0.3, -0.25) is 0 Å². The second-order valence-electron chi connectivity index (χ2n) is 4.52. The third-order valence-electron chi connectivity index (χ3n) is 3.04. The minimum Gasteiger partial charge on any atom is -0.391 e. The minimum atomic E-state index is -0.497. The predicted molar refractivity (Wildman–Crippen MR) is 75.8 cm³/mol. The molecule has 0 spiro atoms. The molecule has 0 saturated heterocycles. The quantitative estimate of drug-likeness (QED) is 0.888. The van der Waals surface area contributed by atoms with Gasteiger partial charge in [0.1, 0.15) is 0 Å². The number of benzene rings is 1. The van der Waals surface area contributed by atoms with Crippen LogP contribution in [0.25, 0.3) is 11.3 Å². The molecule has 3 N–H and O–H groups in total. The van der Waals surface area contributed by atoms with Crippen LogP contribution >= 0.6 is 11.3 Å². The molecule has 1 aromatic carbocycles. The first kappa shape index (κ1) is 13.2. The Morgan fingerprint density at radius 3 is 2.78 bits per heavy atom. The molecule has 4 heteroatoms. The summed E-state index contributed by atoms with van der Waals surface area (Å²) in [4.78, 5) is 4.54. The molecule has 1 unspecified atom stereocenters. The predicted octanol–water partition coefficient (Wildman–Crippen LogP) is 2.29. The van der Waals surface area contributed by atoms with E-state index >= 15 is 0 Å². The fraction of sp³-hybridized carbons (Fsp3) is 0.357. The maximum absolute atomic E-state index is 9.51. The first-order valence-electron chi connectivity index (χ1n) is 6.00. The number of hydrogen-bond acceptors (Lipinski definition) is 4. The summed E-state index contributed by atoms with van der Waals surface area (Å²) in [5.41, 5.74) is 10.1. The van der Waals surface area contributed by atoms with Crippen LogP contribution in [0.15, 0.2) is 23.6 Å². The summed E-state index contributed by atoms with van der Waals surface area (Å²) in [6.07, 6.45) is 0.0372. The van der Waals surface area contributed by atoms with E-state index in [0.717, 1.165) is 16.3 Å². The van der Waals surface area contributed by atoms with E-state index in [1.165, 1.54) is 11.1 Å². The Bertz CT molecular complexity index is 536. The second-order valence-corrected chi connectivity index (χ2v) is 5.46. The molecule has 0 saturated carbocycles. The number of aryl methyl sites for hydroxylation is 2. The SMILES string of the molecule is Cc1ccc(-c2csc(CC(O)CN)n2)cc1C. The van der Waals surface area contributed by atoms with Crippen molar-refractivity contribution in [1.29, 1.82) is 0 Å². The van der Waals surface area contributed by atoms with Crippen LogP contribution in [0.4, 0.5) is 0 Å². The first-order valence-corrected chi connectivity index (χ1v) is 6.88. The van der Waals surface area contributed by atoms with Gasteiger partial charge in [-0.25, -0.2) is 4.98 Å². The van der Waals surface area contributed by atoms with Gasteiger partial charge in [0.15, 0.2) is 0 Å². The van der Waals surface area contributed by atoms with Crippen LogP contribution in [0.1, 0.15) is 16.1 Å². The lowest BCUT2D eigenvalue weighted by atomic mass is 10.1. The molecule has 0 fully saturated rings. The van der Waals surface area contributed by atoms with Gasteiger partial charge in [-0.15, -0.1) is 11.3 Å². The highest BCUT2D eigenvalue weighted by Crippen LogP contribution is 2.24. The Labute approximate surface area is 111 Å². The number of hydrogen-bond donors (Lipinski definition) is 2. The highest BCUT2D eigenvalue weighted by molar-refractivity contribution is 7.09. The molecule has 2 aromatic rings. The Morgan fingerprint density at radius 1 is 1.33 bits per heavy atom. The van der Waals surface area contributed by atoms with E-state index in [1.807, 2.05) is 5.38 Å². The Hall–Kier alpha value is -1.23. The van der Waals surface area contributed by atoms with Gasteiger partial charge < -0.3 is 10.8 Å². The van der Waals surface area contributed by atoms with E-state index in [-0.39, 0.29) is 6.54 Å². The van der Waals surface area contributed by atoms with Crippen molar-refractivity contribution in [1.82, 2.24) is 4.98 Å². The lowest BCUT2D eigenvalue weighted by Gasteiger charge is -2.04. The van der Waals surface area contributed by atoms with Crippen molar-refractivity contribution in [3.63, 3.8) is 0 Å². The van der Waals surface area contributed by atoms with E-state index in [2.05, 4.69) is 37.0 Å². The van der Waals surface area contributed by atoms with Crippen LogP contribution in [-0.4, -0.2) is 22.7 Å². The van der Waals surface area contributed by atoms with Gasteiger partial charge in [0, 0.05) is 23.9 Å². The molecule has 96 valence electrons. The van der Waals surface area contributed by atoms with Crippen molar-refractivity contribution >= 4 is 11.3 Å². The van der Waals surface area contributed by atoms with Crippen LogP contribution < -0.4 is 5.73 Å². The van der Waals surface area contributed by atoms with Crippen molar-refractivity contribution in [3.8, 4) is 11.3 Å². The van der Waals surface area contributed by atoms with Crippen LogP contribution in [0.2, 0.25) is 0 Å². The molecule has 0 radical (unpaired) electrons. The molecule has 0 aliphatic rings. The summed E-state index contributed by atoms with van der Waals surface area (Å²) in [5.74, 6) is 0. The van der Waals surface area contributed by atoms with Crippen LogP contribution in [0.5, 0.6) is 0 Å². The number of aromatic nitrogens is 1. The van der Waals surface area contributed by atoms with Gasteiger partial charge in [0.25, 0.3) is 0 Å². The zero-order valence-electron chi connectivity index (χ0n) is 10.7. The number of nitrogens with zero attached hydrogens (tertiary/aromatic N) is 1. The lowest BCUT2D eigenvalue weighted by Crippen LogP contribution is -2.21. The average Bonchev–Trinajstić information content (AvgIpc) is 2.81. The maximum Gasteiger partial charge on any atom is 0.0958 e. The number of nitrogens with two attached hydrogens (primary N) is 1. The smallest absolute Gasteiger partial charge is 0.0958 e. The highest BCUT2D eigenvalue weighted by Gasteiger charge is 2.09.